The molecule has 19 heavy (non-hydrogen) atoms. The summed E-state index contributed by atoms with van der Waals surface area (Å²) in [5, 5.41) is 6.64. The second-order valence-corrected chi connectivity index (χ2v) is 6.32. The van der Waals surface area contributed by atoms with Crippen molar-refractivity contribution in [2.75, 3.05) is 24.2 Å². The topological polar surface area (TPSA) is 37.0 Å². The third-order valence-corrected chi connectivity index (χ3v) is 4.16. The summed E-state index contributed by atoms with van der Waals surface area (Å²) in [6.07, 6.45) is 6.83. The van der Waals surface area contributed by atoms with Crippen LogP contribution in [0.3, 0.4) is 0 Å². The number of nitrogens with one attached hydrogen (secondary N) is 2. The van der Waals surface area contributed by atoms with Gasteiger partial charge in [-0.15, -0.1) is 0 Å². The lowest BCUT2D eigenvalue weighted by Crippen LogP contribution is -2.28. The summed E-state index contributed by atoms with van der Waals surface area (Å²) >= 11 is 0. The van der Waals surface area contributed by atoms with Crippen LogP contribution in [-0.2, 0) is 0 Å². The summed E-state index contributed by atoms with van der Waals surface area (Å²) in [5.74, 6) is 2.69. The highest BCUT2D eigenvalue weighted by atomic mass is 15.1. The minimum absolute atomic E-state index is 0.492. The van der Waals surface area contributed by atoms with Crippen LogP contribution in [0.1, 0.15) is 46.0 Å². The number of rotatable bonds is 6. The second-order valence-electron chi connectivity index (χ2n) is 6.32. The summed E-state index contributed by atoms with van der Waals surface area (Å²) in [5.41, 5.74) is 0.492. The molecule has 1 aromatic rings. The maximum absolute atomic E-state index is 4.54. The van der Waals surface area contributed by atoms with Gasteiger partial charge in [0.2, 0.25) is 0 Å². The monoisotopic (exact) mass is 261 g/mol. The molecule has 3 nitrogen and oxygen atoms in total. The molecule has 1 fully saturated rings. The maximum atomic E-state index is 4.54. The van der Waals surface area contributed by atoms with Crippen LogP contribution < -0.4 is 10.6 Å². The van der Waals surface area contributed by atoms with Crippen LogP contribution in [0.4, 0.5) is 11.6 Å². The van der Waals surface area contributed by atoms with E-state index in [1.54, 1.807) is 0 Å². The highest BCUT2D eigenvalue weighted by Gasteiger charge is 2.34. The Morgan fingerprint density at radius 3 is 2.53 bits per heavy atom. The number of anilines is 2. The first-order chi connectivity index (χ1) is 9.13. The van der Waals surface area contributed by atoms with Gasteiger partial charge in [0.05, 0.1) is 0 Å². The van der Waals surface area contributed by atoms with Gasteiger partial charge in [-0.05, 0) is 42.7 Å². The average molecular weight is 261 g/mol. The van der Waals surface area contributed by atoms with Crippen molar-refractivity contribution in [1.82, 2.24) is 4.98 Å². The van der Waals surface area contributed by atoms with E-state index in [0.717, 1.165) is 24.1 Å². The van der Waals surface area contributed by atoms with Gasteiger partial charge in [0.25, 0.3) is 0 Å². The molecule has 1 aliphatic rings. The molecule has 0 unspecified atom stereocenters. The number of aromatic nitrogens is 1. The first-order valence-corrected chi connectivity index (χ1v) is 7.52. The van der Waals surface area contributed by atoms with Crippen LogP contribution in [0, 0.1) is 11.3 Å². The standard InChI is InChI=1S/C16H27N3/c1-13(2)11-16(9-4-5-10-16)12-18-15-8-6-7-14(17-3)19-15/h6-8,13H,4-5,9-12H2,1-3H3,(H2,17,18,19). The molecular weight excluding hydrogens is 234 g/mol. The van der Waals surface area contributed by atoms with E-state index >= 15 is 0 Å². The van der Waals surface area contributed by atoms with Crippen molar-refractivity contribution >= 4 is 11.6 Å². The second kappa shape index (κ2) is 6.27. The van der Waals surface area contributed by atoms with Crippen molar-refractivity contribution in [3.63, 3.8) is 0 Å². The zero-order valence-corrected chi connectivity index (χ0v) is 12.5. The molecule has 1 heterocycles. The average Bonchev–Trinajstić information content (AvgIpc) is 2.85. The Kier molecular flexibility index (Phi) is 4.67. The summed E-state index contributed by atoms with van der Waals surface area (Å²) < 4.78 is 0. The molecule has 106 valence electrons. The molecule has 0 radical (unpaired) electrons. The summed E-state index contributed by atoms with van der Waals surface area (Å²) in [4.78, 5) is 4.54. The molecule has 0 atom stereocenters. The summed E-state index contributed by atoms with van der Waals surface area (Å²) in [6.45, 7) is 5.73. The van der Waals surface area contributed by atoms with Crippen molar-refractivity contribution < 1.29 is 0 Å². The SMILES string of the molecule is CNc1cccc(NCC2(CC(C)C)CCCC2)n1. The molecule has 2 N–H and O–H groups in total. The van der Waals surface area contributed by atoms with Gasteiger partial charge in [-0.3, -0.25) is 0 Å². The number of nitrogens with zero attached hydrogens (tertiary/aromatic N) is 1. The van der Waals surface area contributed by atoms with Gasteiger partial charge in [-0.25, -0.2) is 4.98 Å². The molecular formula is C16H27N3. The molecule has 3 heteroatoms. The van der Waals surface area contributed by atoms with Crippen molar-refractivity contribution in [1.29, 1.82) is 0 Å². The minimum Gasteiger partial charge on any atom is -0.373 e. The van der Waals surface area contributed by atoms with Crippen molar-refractivity contribution in [3.8, 4) is 0 Å². The lowest BCUT2D eigenvalue weighted by atomic mass is 9.78. The zero-order chi connectivity index (χ0) is 13.7. The van der Waals surface area contributed by atoms with Crippen LogP contribution in [0.15, 0.2) is 18.2 Å². The third kappa shape index (κ3) is 3.85. The normalized spacial score (nSPS) is 17.7. The van der Waals surface area contributed by atoms with E-state index in [1.165, 1.54) is 32.1 Å². The number of pyridine rings is 1. The van der Waals surface area contributed by atoms with Crippen molar-refractivity contribution in [3.05, 3.63) is 18.2 Å². The Balaban J connectivity index is 1.98. The first kappa shape index (κ1) is 14.2. The third-order valence-electron chi connectivity index (χ3n) is 4.16. The molecule has 0 amide bonds. The smallest absolute Gasteiger partial charge is 0.128 e. The molecule has 1 aromatic heterocycles. The van der Waals surface area contributed by atoms with E-state index < -0.39 is 0 Å². The van der Waals surface area contributed by atoms with Crippen molar-refractivity contribution in [2.45, 2.75) is 46.0 Å². The van der Waals surface area contributed by atoms with Crippen molar-refractivity contribution in [2.24, 2.45) is 11.3 Å². The van der Waals surface area contributed by atoms with Crippen LogP contribution in [0.25, 0.3) is 0 Å². The maximum Gasteiger partial charge on any atom is 0.128 e. The van der Waals surface area contributed by atoms with E-state index in [0.29, 0.717) is 5.41 Å². The van der Waals surface area contributed by atoms with E-state index in [-0.39, 0.29) is 0 Å². The van der Waals surface area contributed by atoms with E-state index in [9.17, 15) is 0 Å². The van der Waals surface area contributed by atoms with Gasteiger partial charge >= 0.3 is 0 Å². The lowest BCUT2D eigenvalue weighted by Gasteiger charge is -2.31. The molecule has 1 aliphatic carbocycles. The van der Waals surface area contributed by atoms with Crippen LogP contribution >= 0.6 is 0 Å². The van der Waals surface area contributed by atoms with Gasteiger partial charge in [-0.1, -0.05) is 32.8 Å². The van der Waals surface area contributed by atoms with Gasteiger partial charge in [0, 0.05) is 13.6 Å². The minimum atomic E-state index is 0.492. The first-order valence-electron chi connectivity index (χ1n) is 7.52. The Hall–Kier alpha value is -1.25. The summed E-state index contributed by atoms with van der Waals surface area (Å²) in [7, 11) is 1.91. The van der Waals surface area contributed by atoms with Gasteiger partial charge in [0.15, 0.2) is 0 Å². The van der Waals surface area contributed by atoms with E-state index in [4.69, 9.17) is 0 Å². The lowest BCUT2D eigenvalue weighted by molar-refractivity contribution is 0.252. The Bertz CT molecular complexity index is 395. The van der Waals surface area contributed by atoms with Gasteiger partial charge in [-0.2, -0.15) is 0 Å². The molecule has 0 saturated heterocycles. The Morgan fingerprint density at radius 1 is 1.21 bits per heavy atom. The quantitative estimate of drug-likeness (QED) is 0.808. The Morgan fingerprint density at radius 2 is 1.89 bits per heavy atom. The Labute approximate surface area is 117 Å². The largest absolute Gasteiger partial charge is 0.373 e. The molecule has 0 spiro atoms. The molecule has 0 bridgehead atoms. The highest BCUT2D eigenvalue weighted by molar-refractivity contribution is 5.44. The van der Waals surface area contributed by atoms with Gasteiger partial charge < -0.3 is 10.6 Å². The number of hydrogen-bond donors (Lipinski definition) is 2. The molecule has 2 rings (SSSR count). The van der Waals surface area contributed by atoms with Crippen LogP contribution in [-0.4, -0.2) is 18.6 Å². The zero-order valence-electron chi connectivity index (χ0n) is 12.5. The number of hydrogen-bond acceptors (Lipinski definition) is 3. The van der Waals surface area contributed by atoms with E-state index in [1.807, 2.05) is 19.2 Å². The molecule has 1 saturated carbocycles. The van der Waals surface area contributed by atoms with Crippen LogP contribution in [0.2, 0.25) is 0 Å². The fraction of sp³-hybridized carbons (Fsp3) is 0.688. The van der Waals surface area contributed by atoms with Crippen LogP contribution in [0.5, 0.6) is 0 Å². The van der Waals surface area contributed by atoms with E-state index in [2.05, 4.69) is 35.5 Å². The highest BCUT2D eigenvalue weighted by Crippen LogP contribution is 2.43. The fourth-order valence-corrected chi connectivity index (χ4v) is 3.39. The molecule has 0 aromatic carbocycles. The predicted octanol–water partition coefficient (Wildman–Crippen LogP) is 4.14. The predicted molar refractivity (Wildman–Crippen MR) is 82.6 cm³/mol. The summed E-state index contributed by atoms with van der Waals surface area (Å²) in [6, 6.07) is 6.09. The molecule has 0 aliphatic heterocycles. The van der Waals surface area contributed by atoms with Gasteiger partial charge in [0.1, 0.15) is 11.6 Å². The fourth-order valence-electron chi connectivity index (χ4n) is 3.39.